The van der Waals surface area contributed by atoms with E-state index >= 15 is 0 Å². The Balaban J connectivity index is 2.31. The van der Waals surface area contributed by atoms with Crippen LogP contribution in [0.5, 0.6) is 0 Å². The van der Waals surface area contributed by atoms with E-state index in [2.05, 4.69) is 39.6 Å². The lowest BCUT2D eigenvalue weighted by atomic mass is 10.2. The summed E-state index contributed by atoms with van der Waals surface area (Å²) in [5.74, 6) is 0.159. The highest BCUT2D eigenvalue weighted by Crippen LogP contribution is 2.25. The Morgan fingerprint density at radius 1 is 1.62 bits per heavy atom. The van der Waals surface area contributed by atoms with Gasteiger partial charge in [0.15, 0.2) is 0 Å². The molecule has 0 aliphatic heterocycles. The number of hydrogen-bond donors (Lipinski definition) is 1. The molecule has 1 atom stereocenters. The lowest BCUT2D eigenvalue weighted by molar-refractivity contribution is -0.128. The third kappa shape index (κ3) is 4.23. The van der Waals surface area contributed by atoms with Gasteiger partial charge in [0.2, 0.25) is 5.91 Å². The van der Waals surface area contributed by atoms with E-state index in [9.17, 15) is 4.79 Å². The van der Waals surface area contributed by atoms with Gasteiger partial charge in [0, 0.05) is 47.8 Å². The van der Waals surface area contributed by atoms with Crippen molar-refractivity contribution in [2.45, 2.75) is 19.4 Å². The fraction of sp³-hybridized carbons (Fsp3) is 0.545. The van der Waals surface area contributed by atoms with Crippen molar-refractivity contribution >= 4 is 33.2 Å². The number of nitrogens with one attached hydrogen (secondary N) is 1. The average Bonchev–Trinajstić information content (AvgIpc) is 2.64. The van der Waals surface area contributed by atoms with Crippen LogP contribution in [0.1, 0.15) is 24.3 Å². The smallest absolute Gasteiger partial charge is 0.223 e. The summed E-state index contributed by atoms with van der Waals surface area (Å²) in [6.07, 6.45) is 0.546. The predicted molar refractivity (Wildman–Crippen MR) is 71.7 cm³/mol. The Labute approximate surface area is 109 Å². The van der Waals surface area contributed by atoms with Gasteiger partial charge < -0.3 is 10.2 Å². The first kappa shape index (κ1) is 13.7. The number of halogens is 1. The van der Waals surface area contributed by atoms with Crippen LogP contribution in [0, 0.1) is 0 Å². The lowest BCUT2D eigenvalue weighted by Gasteiger charge is -2.14. The van der Waals surface area contributed by atoms with Gasteiger partial charge in [-0.25, -0.2) is 0 Å². The molecule has 0 aromatic carbocycles. The van der Waals surface area contributed by atoms with E-state index in [1.54, 1.807) is 30.3 Å². The van der Waals surface area contributed by atoms with E-state index in [1.807, 2.05) is 0 Å². The first-order valence-electron chi connectivity index (χ1n) is 5.18. The first-order chi connectivity index (χ1) is 7.50. The van der Waals surface area contributed by atoms with Crippen molar-refractivity contribution in [2.75, 3.05) is 20.6 Å². The van der Waals surface area contributed by atoms with Gasteiger partial charge in [0.1, 0.15) is 0 Å². The second kappa shape index (κ2) is 6.37. The molecule has 3 nitrogen and oxygen atoms in total. The Hall–Kier alpha value is -0.390. The number of rotatable bonds is 5. The third-order valence-corrected chi connectivity index (χ3v) is 4.18. The Morgan fingerprint density at radius 3 is 2.81 bits per heavy atom. The molecule has 1 aromatic heterocycles. The summed E-state index contributed by atoms with van der Waals surface area (Å²) in [6, 6.07) is 2.40. The maximum absolute atomic E-state index is 11.3. The summed E-state index contributed by atoms with van der Waals surface area (Å²) in [5, 5.41) is 5.41. The molecule has 0 aliphatic carbocycles. The van der Waals surface area contributed by atoms with Crippen LogP contribution >= 0.6 is 27.3 Å². The van der Waals surface area contributed by atoms with E-state index in [1.165, 1.54) is 4.88 Å². The maximum Gasteiger partial charge on any atom is 0.223 e. The largest absolute Gasteiger partial charge is 0.349 e. The van der Waals surface area contributed by atoms with Gasteiger partial charge in [-0.3, -0.25) is 4.79 Å². The summed E-state index contributed by atoms with van der Waals surface area (Å²) in [4.78, 5) is 14.2. The standard InChI is InChI=1S/C11H17BrN2OS/c1-8(10-6-9(12)7-16-10)13-5-4-11(15)14(2)3/h6-8,13H,4-5H2,1-3H3. The molecule has 16 heavy (non-hydrogen) atoms. The minimum Gasteiger partial charge on any atom is -0.349 e. The average molecular weight is 305 g/mol. The highest BCUT2D eigenvalue weighted by atomic mass is 79.9. The Morgan fingerprint density at radius 2 is 2.31 bits per heavy atom. The molecule has 0 spiro atoms. The van der Waals surface area contributed by atoms with Crippen molar-refractivity contribution in [1.82, 2.24) is 10.2 Å². The second-order valence-electron chi connectivity index (χ2n) is 3.88. The van der Waals surface area contributed by atoms with Crippen molar-refractivity contribution in [1.29, 1.82) is 0 Å². The van der Waals surface area contributed by atoms with Crippen LogP contribution < -0.4 is 5.32 Å². The topological polar surface area (TPSA) is 32.3 Å². The summed E-state index contributed by atoms with van der Waals surface area (Å²) in [6.45, 7) is 2.83. The molecule has 1 amide bonds. The highest BCUT2D eigenvalue weighted by Gasteiger charge is 2.09. The van der Waals surface area contributed by atoms with Gasteiger partial charge >= 0.3 is 0 Å². The molecule has 0 radical (unpaired) electrons. The molecule has 0 saturated carbocycles. The van der Waals surface area contributed by atoms with Gasteiger partial charge in [0.05, 0.1) is 0 Å². The monoisotopic (exact) mass is 304 g/mol. The number of amides is 1. The molecule has 1 aromatic rings. The zero-order valence-corrected chi connectivity index (χ0v) is 12.2. The van der Waals surface area contributed by atoms with Crippen molar-refractivity contribution < 1.29 is 4.79 Å². The van der Waals surface area contributed by atoms with Crippen molar-refractivity contribution in [2.24, 2.45) is 0 Å². The van der Waals surface area contributed by atoms with Crippen molar-refractivity contribution in [3.63, 3.8) is 0 Å². The summed E-state index contributed by atoms with van der Waals surface area (Å²) in [7, 11) is 3.56. The quantitative estimate of drug-likeness (QED) is 0.907. The van der Waals surface area contributed by atoms with Crippen LogP contribution in [0.15, 0.2) is 15.9 Å². The van der Waals surface area contributed by atoms with Crippen LogP contribution in [0.25, 0.3) is 0 Å². The van der Waals surface area contributed by atoms with E-state index < -0.39 is 0 Å². The number of thiophene rings is 1. The fourth-order valence-corrected chi connectivity index (χ4v) is 2.75. The molecule has 1 unspecified atom stereocenters. The Bertz CT molecular complexity index is 352. The lowest BCUT2D eigenvalue weighted by Crippen LogP contribution is -2.27. The number of carbonyl (C=O) groups is 1. The van der Waals surface area contributed by atoms with E-state index in [0.717, 1.165) is 4.47 Å². The number of nitrogens with zero attached hydrogens (tertiary/aromatic N) is 1. The number of carbonyl (C=O) groups excluding carboxylic acids is 1. The molecule has 1 rings (SSSR count). The molecule has 0 bridgehead atoms. The zero-order valence-electron chi connectivity index (χ0n) is 9.79. The summed E-state index contributed by atoms with van der Waals surface area (Å²) in [5.41, 5.74) is 0. The SMILES string of the molecule is CC(NCCC(=O)N(C)C)c1cc(Br)cs1. The van der Waals surface area contributed by atoms with Crippen LogP contribution in [0.2, 0.25) is 0 Å². The first-order valence-corrected chi connectivity index (χ1v) is 6.85. The highest BCUT2D eigenvalue weighted by molar-refractivity contribution is 9.10. The molecule has 1 heterocycles. The van der Waals surface area contributed by atoms with Gasteiger partial charge in [-0.05, 0) is 28.9 Å². The van der Waals surface area contributed by atoms with Crippen LogP contribution in [-0.2, 0) is 4.79 Å². The van der Waals surface area contributed by atoms with E-state index in [0.29, 0.717) is 19.0 Å². The molecule has 90 valence electrons. The minimum absolute atomic E-state index is 0.159. The van der Waals surface area contributed by atoms with Crippen LogP contribution in [0.4, 0.5) is 0 Å². The normalized spacial score (nSPS) is 12.5. The van der Waals surface area contributed by atoms with E-state index in [4.69, 9.17) is 0 Å². The number of hydrogen-bond acceptors (Lipinski definition) is 3. The van der Waals surface area contributed by atoms with Gasteiger partial charge in [-0.2, -0.15) is 0 Å². The Kier molecular flexibility index (Phi) is 5.44. The maximum atomic E-state index is 11.3. The fourth-order valence-electron chi connectivity index (χ4n) is 1.28. The molecule has 5 heteroatoms. The second-order valence-corrected chi connectivity index (χ2v) is 5.74. The van der Waals surface area contributed by atoms with Gasteiger partial charge in [-0.15, -0.1) is 11.3 Å². The molecule has 0 aliphatic rings. The summed E-state index contributed by atoms with van der Waals surface area (Å²) >= 11 is 5.15. The molecule has 0 fully saturated rings. The van der Waals surface area contributed by atoms with Crippen LogP contribution in [-0.4, -0.2) is 31.4 Å². The van der Waals surface area contributed by atoms with Crippen molar-refractivity contribution in [3.05, 3.63) is 20.8 Å². The predicted octanol–water partition coefficient (Wildman–Crippen LogP) is 2.64. The molecule has 0 saturated heterocycles. The third-order valence-electron chi connectivity index (χ3n) is 2.30. The van der Waals surface area contributed by atoms with Gasteiger partial charge in [0.25, 0.3) is 0 Å². The van der Waals surface area contributed by atoms with Crippen LogP contribution in [0.3, 0.4) is 0 Å². The zero-order chi connectivity index (χ0) is 12.1. The van der Waals surface area contributed by atoms with E-state index in [-0.39, 0.29) is 5.91 Å². The summed E-state index contributed by atoms with van der Waals surface area (Å²) < 4.78 is 1.12. The molecular formula is C11H17BrN2OS. The molecular weight excluding hydrogens is 288 g/mol. The molecule has 1 N–H and O–H groups in total. The van der Waals surface area contributed by atoms with Gasteiger partial charge in [-0.1, -0.05) is 0 Å². The van der Waals surface area contributed by atoms with Crippen molar-refractivity contribution in [3.8, 4) is 0 Å². The minimum atomic E-state index is 0.159.